The number of amides is 1. The molecule has 0 saturated heterocycles. The summed E-state index contributed by atoms with van der Waals surface area (Å²) in [6.45, 7) is 1.49. The Hall–Kier alpha value is -3.16. The van der Waals surface area contributed by atoms with E-state index >= 15 is 0 Å². The van der Waals surface area contributed by atoms with Crippen LogP contribution in [0.5, 0.6) is 11.5 Å². The van der Waals surface area contributed by atoms with Crippen LogP contribution in [0, 0.1) is 5.82 Å². The Bertz CT molecular complexity index is 871. The second kappa shape index (κ2) is 8.24. The van der Waals surface area contributed by atoms with Gasteiger partial charge < -0.3 is 19.9 Å². The van der Waals surface area contributed by atoms with Crippen molar-refractivity contribution in [2.75, 3.05) is 7.11 Å². The lowest BCUT2D eigenvalue weighted by Crippen LogP contribution is -2.43. The number of benzene rings is 1. The molecule has 1 aliphatic rings. The van der Waals surface area contributed by atoms with Gasteiger partial charge in [0.1, 0.15) is 18.0 Å². The largest absolute Gasteiger partial charge is 0.503 e. The van der Waals surface area contributed by atoms with Gasteiger partial charge in [-0.2, -0.15) is 0 Å². The highest BCUT2D eigenvalue weighted by atomic mass is 19.1. The standard InChI is InChI=1S/C20H21FN2O5/c1-11(23-19(25)17-18(24)16(27-2)9-10-22-17)20(26)28-15-8-7-14(15)12-3-5-13(21)6-4-12/h3-6,9-11,14-15,24H,7-8H2,1-2H3,(H,23,25)/t11-,14?,15?/m0/s1. The molecule has 0 spiro atoms. The molecular weight excluding hydrogens is 367 g/mol. The van der Waals surface area contributed by atoms with Crippen LogP contribution in [0.1, 0.15) is 41.7 Å². The lowest BCUT2D eigenvalue weighted by molar-refractivity contribution is -0.156. The molecule has 1 fully saturated rings. The molecule has 7 nitrogen and oxygen atoms in total. The van der Waals surface area contributed by atoms with Crippen molar-refractivity contribution in [2.24, 2.45) is 0 Å². The van der Waals surface area contributed by atoms with Gasteiger partial charge in [-0.25, -0.2) is 14.2 Å². The summed E-state index contributed by atoms with van der Waals surface area (Å²) in [5.74, 6) is -1.92. The summed E-state index contributed by atoms with van der Waals surface area (Å²) in [5, 5.41) is 12.5. The summed E-state index contributed by atoms with van der Waals surface area (Å²) in [5.41, 5.74) is 0.666. The van der Waals surface area contributed by atoms with E-state index in [0.29, 0.717) is 6.42 Å². The number of carbonyl (C=O) groups excluding carboxylic acids is 2. The Morgan fingerprint density at radius 2 is 1.96 bits per heavy atom. The number of hydrogen-bond acceptors (Lipinski definition) is 6. The van der Waals surface area contributed by atoms with Crippen LogP contribution in [0.2, 0.25) is 0 Å². The molecule has 0 radical (unpaired) electrons. The fourth-order valence-corrected chi connectivity index (χ4v) is 3.04. The summed E-state index contributed by atoms with van der Waals surface area (Å²) >= 11 is 0. The molecule has 1 aliphatic carbocycles. The van der Waals surface area contributed by atoms with Crippen LogP contribution in [0.25, 0.3) is 0 Å². The molecule has 1 amide bonds. The third-order valence-corrected chi connectivity index (χ3v) is 4.80. The van der Waals surface area contributed by atoms with E-state index in [1.165, 1.54) is 38.4 Å². The predicted molar refractivity (Wildman–Crippen MR) is 97.6 cm³/mol. The predicted octanol–water partition coefficient (Wildman–Crippen LogP) is 2.54. The lowest BCUT2D eigenvalue weighted by atomic mass is 9.77. The molecule has 148 valence electrons. The minimum absolute atomic E-state index is 0.0107. The molecule has 1 heterocycles. The van der Waals surface area contributed by atoms with Crippen molar-refractivity contribution in [3.8, 4) is 11.5 Å². The topological polar surface area (TPSA) is 97.8 Å². The number of carbonyl (C=O) groups is 2. The first-order valence-corrected chi connectivity index (χ1v) is 8.89. The molecule has 1 aromatic heterocycles. The van der Waals surface area contributed by atoms with Crippen molar-refractivity contribution in [1.82, 2.24) is 10.3 Å². The second-order valence-corrected chi connectivity index (χ2v) is 6.62. The fourth-order valence-electron chi connectivity index (χ4n) is 3.04. The molecule has 2 aromatic rings. The maximum Gasteiger partial charge on any atom is 0.328 e. The van der Waals surface area contributed by atoms with Crippen LogP contribution >= 0.6 is 0 Å². The smallest absolute Gasteiger partial charge is 0.328 e. The second-order valence-electron chi connectivity index (χ2n) is 6.62. The van der Waals surface area contributed by atoms with Gasteiger partial charge in [0.25, 0.3) is 5.91 Å². The fraction of sp³-hybridized carbons (Fsp3) is 0.350. The average Bonchev–Trinajstić information content (AvgIpc) is 2.66. The van der Waals surface area contributed by atoms with E-state index in [0.717, 1.165) is 12.0 Å². The quantitative estimate of drug-likeness (QED) is 0.738. The highest BCUT2D eigenvalue weighted by Crippen LogP contribution is 2.39. The highest BCUT2D eigenvalue weighted by Gasteiger charge is 2.36. The van der Waals surface area contributed by atoms with E-state index in [-0.39, 0.29) is 29.3 Å². The molecule has 3 atom stereocenters. The monoisotopic (exact) mass is 388 g/mol. The molecule has 28 heavy (non-hydrogen) atoms. The first-order chi connectivity index (χ1) is 13.4. The van der Waals surface area contributed by atoms with Crippen LogP contribution in [-0.4, -0.2) is 41.2 Å². The highest BCUT2D eigenvalue weighted by molar-refractivity contribution is 5.97. The Morgan fingerprint density at radius 1 is 1.25 bits per heavy atom. The number of aromatic nitrogens is 1. The number of aromatic hydroxyl groups is 1. The summed E-state index contributed by atoms with van der Waals surface area (Å²) in [6, 6.07) is 6.60. The first-order valence-electron chi connectivity index (χ1n) is 8.89. The van der Waals surface area contributed by atoms with Crippen molar-refractivity contribution in [1.29, 1.82) is 0 Å². The molecule has 2 N–H and O–H groups in total. The number of ether oxygens (including phenoxy) is 2. The Labute approximate surface area is 161 Å². The maximum absolute atomic E-state index is 13.1. The average molecular weight is 388 g/mol. The van der Waals surface area contributed by atoms with Gasteiger partial charge >= 0.3 is 5.97 Å². The zero-order chi connectivity index (χ0) is 20.3. The normalized spacial score (nSPS) is 19.2. The first kappa shape index (κ1) is 19.6. The van der Waals surface area contributed by atoms with Crippen molar-refractivity contribution in [3.05, 3.63) is 53.6 Å². The number of pyridine rings is 1. The van der Waals surface area contributed by atoms with Gasteiger partial charge in [0.15, 0.2) is 17.2 Å². The van der Waals surface area contributed by atoms with Crippen LogP contribution in [0.3, 0.4) is 0 Å². The van der Waals surface area contributed by atoms with E-state index in [1.807, 2.05) is 0 Å². The van der Waals surface area contributed by atoms with Gasteiger partial charge in [-0.05, 0) is 37.5 Å². The molecule has 0 bridgehead atoms. The SMILES string of the molecule is COc1ccnc(C(=O)N[C@@H](C)C(=O)OC2CCC2c2ccc(F)cc2)c1O. The zero-order valence-electron chi connectivity index (χ0n) is 15.5. The van der Waals surface area contributed by atoms with Gasteiger partial charge in [0.05, 0.1) is 7.11 Å². The third kappa shape index (κ3) is 4.05. The van der Waals surface area contributed by atoms with E-state index in [1.54, 1.807) is 12.1 Å². The molecular formula is C20H21FN2O5. The Morgan fingerprint density at radius 3 is 2.57 bits per heavy atom. The van der Waals surface area contributed by atoms with Gasteiger partial charge in [0.2, 0.25) is 0 Å². The number of rotatable bonds is 6. The van der Waals surface area contributed by atoms with Gasteiger partial charge in [-0.15, -0.1) is 0 Å². The van der Waals surface area contributed by atoms with Crippen LogP contribution in [-0.2, 0) is 9.53 Å². The molecule has 8 heteroatoms. The van der Waals surface area contributed by atoms with Gasteiger partial charge in [-0.3, -0.25) is 4.79 Å². The zero-order valence-corrected chi connectivity index (χ0v) is 15.5. The Kier molecular flexibility index (Phi) is 5.77. The summed E-state index contributed by atoms with van der Waals surface area (Å²) in [6.07, 6.45) is 2.54. The minimum Gasteiger partial charge on any atom is -0.503 e. The Balaban J connectivity index is 1.59. The van der Waals surface area contributed by atoms with E-state index in [2.05, 4.69) is 10.3 Å². The number of hydrogen-bond donors (Lipinski definition) is 2. The summed E-state index contributed by atoms with van der Waals surface area (Å²) in [7, 11) is 1.35. The minimum atomic E-state index is -0.936. The molecule has 1 aromatic carbocycles. The molecule has 3 rings (SSSR count). The number of nitrogens with zero attached hydrogens (tertiary/aromatic N) is 1. The van der Waals surface area contributed by atoms with Crippen LogP contribution in [0.4, 0.5) is 4.39 Å². The van der Waals surface area contributed by atoms with Crippen molar-refractivity contribution in [2.45, 2.75) is 37.8 Å². The van der Waals surface area contributed by atoms with Crippen molar-refractivity contribution < 1.29 is 28.6 Å². The van der Waals surface area contributed by atoms with E-state index in [9.17, 15) is 19.1 Å². The van der Waals surface area contributed by atoms with Crippen LogP contribution in [0.15, 0.2) is 36.5 Å². The molecule has 0 aliphatic heterocycles. The van der Waals surface area contributed by atoms with Crippen molar-refractivity contribution in [3.63, 3.8) is 0 Å². The van der Waals surface area contributed by atoms with Gasteiger partial charge in [-0.1, -0.05) is 12.1 Å². The van der Waals surface area contributed by atoms with E-state index in [4.69, 9.17) is 9.47 Å². The third-order valence-electron chi connectivity index (χ3n) is 4.80. The summed E-state index contributed by atoms with van der Waals surface area (Å²) in [4.78, 5) is 28.5. The number of esters is 1. The van der Waals surface area contributed by atoms with Crippen LogP contribution < -0.4 is 10.1 Å². The number of methoxy groups -OCH3 is 1. The van der Waals surface area contributed by atoms with E-state index < -0.39 is 23.7 Å². The number of halogens is 1. The maximum atomic E-state index is 13.1. The lowest BCUT2D eigenvalue weighted by Gasteiger charge is -2.36. The number of nitrogens with one attached hydrogen (secondary N) is 1. The van der Waals surface area contributed by atoms with Crippen molar-refractivity contribution >= 4 is 11.9 Å². The molecule has 2 unspecified atom stereocenters. The summed E-state index contributed by atoms with van der Waals surface area (Å²) < 4.78 is 23.5. The van der Waals surface area contributed by atoms with Gasteiger partial charge in [0, 0.05) is 18.2 Å². The molecule has 1 saturated carbocycles.